The number of methoxy groups -OCH3 is 1. The first-order valence-electron chi connectivity index (χ1n) is 9.28. The van der Waals surface area contributed by atoms with Crippen molar-refractivity contribution < 1.29 is 28.7 Å². The second-order valence-electron chi connectivity index (χ2n) is 6.52. The number of benzene rings is 2. The van der Waals surface area contributed by atoms with Crippen LogP contribution in [0.15, 0.2) is 41.0 Å². The number of halogens is 2. The maximum atomic E-state index is 12.3. The molecule has 3 rings (SSSR count). The average molecular weight is 479 g/mol. The summed E-state index contributed by atoms with van der Waals surface area (Å²) in [5.41, 5.74) is 0.404. The van der Waals surface area contributed by atoms with E-state index in [0.717, 1.165) is 6.07 Å². The first-order chi connectivity index (χ1) is 15.2. The van der Waals surface area contributed by atoms with Crippen LogP contribution in [0.25, 0.3) is 6.08 Å². The van der Waals surface area contributed by atoms with E-state index in [1.165, 1.54) is 37.5 Å². The summed E-state index contributed by atoms with van der Waals surface area (Å²) in [4.78, 5) is 38.5. The molecule has 11 heteroatoms. The van der Waals surface area contributed by atoms with Gasteiger partial charge < -0.3 is 14.2 Å². The molecular formula is C21H16Cl2N2O7. The van der Waals surface area contributed by atoms with Crippen LogP contribution in [0, 0.1) is 10.1 Å². The zero-order valence-electron chi connectivity index (χ0n) is 16.9. The number of rotatable bonds is 7. The lowest BCUT2D eigenvalue weighted by Crippen LogP contribution is -2.08. The third-order valence-electron chi connectivity index (χ3n) is 4.24. The van der Waals surface area contributed by atoms with E-state index in [1.54, 1.807) is 0 Å². The van der Waals surface area contributed by atoms with Crippen LogP contribution >= 0.6 is 23.2 Å². The molecule has 2 aromatic rings. The summed E-state index contributed by atoms with van der Waals surface area (Å²) in [5.74, 6) is -1.02. The van der Waals surface area contributed by atoms with E-state index in [-0.39, 0.29) is 50.8 Å². The van der Waals surface area contributed by atoms with Gasteiger partial charge in [-0.2, -0.15) is 0 Å². The summed E-state index contributed by atoms with van der Waals surface area (Å²) in [6.45, 7) is 1.84. The minimum absolute atomic E-state index is 0.00922. The summed E-state index contributed by atoms with van der Waals surface area (Å²) >= 11 is 12.3. The zero-order chi connectivity index (χ0) is 23.4. The van der Waals surface area contributed by atoms with Gasteiger partial charge in [0.05, 0.1) is 27.6 Å². The molecule has 0 radical (unpaired) electrons. The van der Waals surface area contributed by atoms with Gasteiger partial charge >= 0.3 is 11.9 Å². The van der Waals surface area contributed by atoms with Gasteiger partial charge in [-0.25, -0.2) is 9.79 Å². The highest BCUT2D eigenvalue weighted by molar-refractivity contribution is 6.35. The molecule has 0 saturated carbocycles. The lowest BCUT2D eigenvalue weighted by atomic mass is 10.1. The van der Waals surface area contributed by atoms with Gasteiger partial charge in [-0.1, -0.05) is 30.1 Å². The fourth-order valence-corrected chi connectivity index (χ4v) is 3.28. The van der Waals surface area contributed by atoms with Gasteiger partial charge in [-0.05, 0) is 36.3 Å². The molecule has 0 bridgehead atoms. The first kappa shape index (κ1) is 23.2. The Labute approximate surface area is 192 Å². The van der Waals surface area contributed by atoms with Gasteiger partial charge in [0.25, 0.3) is 5.69 Å². The van der Waals surface area contributed by atoms with Crippen molar-refractivity contribution in [3.63, 3.8) is 0 Å². The number of carbonyl (C=O) groups excluding carboxylic acids is 2. The summed E-state index contributed by atoms with van der Waals surface area (Å²) in [5, 5.41) is 11.0. The van der Waals surface area contributed by atoms with E-state index in [4.69, 9.17) is 37.4 Å². The molecule has 9 nitrogen and oxygen atoms in total. The van der Waals surface area contributed by atoms with Crippen LogP contribution in [-0.2, 0) is 14.3 Å². The summed E-state index contributed by atoms with van der Waals surface area (Å²) in [6.07, 6.45) is 2.24. The molecule has 0 N–H and O–H groups in total. The fourth-order valence-electron chi connectivity index (χ4n) is 2.76. The van der Waals surface area contributed by atoms with E-state index >= 15 is 0 Å². The molecule has 0 spiro atoms. The Morgan fingerprint density at radius 2 is 2.00 bits per heavy atom. The van der Waals surface area contributed by atoms with Crippen molar-refractivity contribution in [3.05, 3.63) is 67.3 Å². The maximum absolute atomic E-state index is 12.3. The van der Waals surface area contributed by atoms with Crippen LogP contribution in [0.3, 0.4) is 0 Å². The standard InChI is InChI=1S/C21H16Cl2N2O7/c1-3-4-18(26)31-19-15(23)7-11(9-17(19)30-2)8-16-21(27)32-20(24-16)13-6-5-12(25(28)29)10-14(13)22/h5-10H,3-4H2,1-2H3/b16-8-. The highest BCUT2D eigenvalue weighted by atomic mass is 35.5. The minimum Gasteiger partial charge on any atom is -0.493 e. The van der Waals surface area contributed by atoms with Crippen LogP contribution in [0.4, 0.5) is 5.69 Å². The van der Waals surface area contributed by atoms with Crippen LogP contribution < -0.4 is 9.47 Å². The van der Waals surface area contributed by atoms with Crippen LogP contribution in [0.1, 0.15) is 30.9 Å². The number of carbonyl (C=O) groups is 2. The van der Waals surface area contributed by atoms with Gasteiger partial charge in [-0.3, -0.25) is 14.9 Å². The van der Waals surface area contributed by atoms with Crippen molar-refractivity contribution >= 4 is 52.8 Å². The van der Waals surface area contributed by atoms with E-state index in [9.17, 15) is 19.7 Å². The molecule has 0 amide bonds. The Hall–Kier alpha value is -3.43. The van der Waals surface area contributed by atoms with Crippen LogP contribution in [0.5, 0.6) is 11.5 Å². The van der Waals surface area contributed by atoms with Gasteiger partial charge in [0, 0.05) is 18.6 Å². The third-order valence-corrected chi connectivity index (χ3v) is 4.83. The Morgan fingerprint density at radius 1 is 1.25 bits per heavy atom. The lowest BCUT2D eigenvalue weighted by Gasteiger charge is -2.11. The molecule has 0 atom stereocenters. The highest BCUT2D eigenvalue weighted by Crippen LogP contribution is 2.38. The summed E-state index contributed by atoms with van der Waals surface area (Å²) in [7, 11) is 1.39. The number of non-ortho nitro benzene ring substituents is 1. The number of hydrogen-bond acceptors (Lipinski definition) is 8. The molecule has 0 unspecified atom stereocenters. The fraction of sp³-hybridized carbons (Fsp3) is 0.190. The lowest BCUT2D eigenvalue weighted by molar-refractivity contribution is -0.384. The second kappa shape index (κ2) is 9.80. The van der Waals surface area contributed by atoms with Crippen molar-refractivity contribution in [2.45, 2.75) is 19.8 Å². The second-order valence-corrected chi connectivity index (χ2v) is 7.33. The monoisotopic (exact) mass is 478 g/mol. The Balaban J connectivity index is 1.93. The highest BCUT2D eigenvalue weighted by Gasteiger charge is 2.27. The van der Waals surface area contributed by atoms with Gasteiger partial charge in [0.15, 0.2) is 17.2 Å². The van der Waals surface area contributed by atoms with Crippen molar-refractivity contribution in [1.29, 1.82) is 0 Å². The third kappa shape index (κ3) is 5.06. The molecule has 1 aliphatic rings. The quantitative estimate of drug-likeness (QED) is 0.181. The molecule has 1 aliphatic heterocycles. The average Bonchev–Trinajstić information content (AvgIpc) is 3.09. The summed E-state index contributed by atoms with van der Waals surface area (Å²) in [6, 6.07) is 6.70. The van der Waals surface area contributed by atoms with Gasteiger partial charge in [-0.15, -0.1) is 0 Å². The SMILES string of the molecule is CCCC(=O)Oc1c(Cl)cc(/C=C2\N=C(c3ccc([N+](=O)[O-])cc3Cl)OC2=O)cc1OC. The number of nitro benzene ring substituents is 1. The normalized spacial score (nSPS) is 14.2. The molecule has 0 aromatic heterocycles. The van der Waals surface area contributed by atoms with E-state index in [2.05, 4.69) is 4.99 Å². The molecular weight excluding hydrogens is 463 g/mol. The summed E-state index contributed by atoms with van der Waals surface area (Å²) < 4.78 is 15.7. The van der Waals surface area contributed by atoms with Crippen molar-refractivity contribution in [3.8, 4) is 11.5 Å². The van der Waals surface area contributed by atoms with Crippen molar-refractivity contribution in [2.24, 2.45) is 4.99 Å². The number of nitro groups is 1. The van der Waals surface area contributed by atoms with E-state index in [0.29, 0.717) is 12.0 Å². The molecule has 1 heterocycles. The Morgan fingerprint density at radius 3 is 2.62 bits per heavy atom. The zero-order valence-corrected chi connectivity index (χ0v) is 18.4. The van der Waals surface area contributed by atoms with Crippen molar-refractivity contribution in [1.82, 2.24) is 0 Å². The number of cyclic esters (lactones) is 1. The molecule has 0 saturated heterocycles. The Bertz CT molecular complexity index is 1170. The first-order valence-corrected chi connectivity index (χ1v) is 10.0. The molecule has 0 fully saturated rings. The van der Waals surface area contributed by atoms with E-state index in [1.807, 2.05) is 6.92 Å². The largest absolute Gasteiger partial charge is 0.493 e. The molecule has 166 valence electrons. The Kier molecular flexibility index (Phi) is 7.12. The van der Waals surface area contributed by atoms with Crippen LogP contribution in [-0.4, -0.2) is 29.9 Å². The number of ether oxygens (including phenoxy) is 3. The van der Waals surface area contributed by atoms with Gasteiger partial charge in [0.1, 0.15) is 0 Å². The van der Waals surface area contributed by atoms with E-state index < -0.39 is 16.9 Å². The predicted octanol–water partition coefficient (Wildman–Crippen LogP) is 4.96. The van der Waals surface area contributed by atoms with Crippen LogP contribution in [0.2, 0.25) is 10.0 Å². The topological polar surface area (TPSA) is 117 Å². The smallest absolute Gasteiger partial charge is 0.363 e. The van der Waals surface area contributed by atoms with Crippen molar-refractivity contribution in [2.75, 3.05) is 7.11 Å². The van der Waals surface area contributed by atoms with Gasteiger partial charge in [0.2, 0.25) is 5.90 Å². The molecule has 32 heavy (non-hydrogen) atoms. The number of aliphatic imine (C=N–C) groups is 1. The number of esters is 2. The maximum Gasteiger partial charge on any atom is 0.363 e. The molecule has 2 aromatic carbocycles. The number of nitrogens with zero attached hydrogens (tertiary/aromatic N) is 2. The molecule has 0 aliphatic carbocycles. The predicted molar refractivity (Wildman–Crippen MR) is 117 cm³/mol. The minimum atomic E-state index is -0.747. The number of hydrogen-bond donors (Lipinski definition) is 0.